The van der Waals surface area contributed by atoms with E-state index in [1.165, 1.54) is 0 Å². The Balaban J connectivity index is 4.49. The summed E-state index contributed by atoms with van der Waals surface area (Å²) in [5.74, 6) is 0. The van der Waals surface area contributed by atoms with Crippen molar-refractivity contribution in [3.05, 3.63) is 24.4 Å². The second-order valence-corrected chi connectivity index (χ2v) is 3.35. The van der Waals surface area contributed by atoms with Crippen LogP contribution >= 0.6 is 0 Å². The van der Waals surface area contributed by atoms with Crippen LogP contribution < -0.4 is 0 Å². The predicted octanol–water partition coefficient (Wildman–Crippen LogP) is 2.31. The van der Waals surface area contributed by atoms with Crippen LogP contribution in [0.1, 0.15) is 27.7 Å². The molecule has 0 saturated heterocycles. The molecular formula is C10H17NO. The van der Waals surface area contributed by atoms with E-state index < -0.39 is 5.60 Å². The topological polar surface area (TPSA) is 32.6 Å². The average molecular weight is 167 g/mol. The fraction of sp³-hybridized carbons (Fsp3) is 0.500. The van der Waals surface area contributed by atoms with Crippen LogP contribution in [0.4, 0.5) is 0 Å². The molecule has 0 amide bonds. The van der Waals surface area contributed by atoms with Crippen molar-refractivity contribution in [3.8, 4) is 0 Å². The van der Waals surface area contributed by atoms with E-state index in [2.05, 4.69) is 11.6 Å². The van der Waals surface area contributed by atoms with Crippen LogP contribution in [0.15, 0.2) is 29.4 Å². The van der Waals surface area contributed by atoms with Gasteiger partial charge in [0.1, 0.15) is 0 Å². The molecule has 2 heteroatoms. The van der Waals surface area contributed by atoms with Crippen molar-refractivity contribution in [2.24, 2.45) is 4.99 Å². The van der Waals surface area contributed by atoms with Crippen molar-refractivity contribution < 1.29 is 5.11 Å². The van der Waals surface area contributed by atoms with Gasteiger partial charge < -0.3 is 5.11 Å². The molecule has 0 aromatic rings. The summed E-state index contributed by atoms with van der Waals surface area (Å²) in [6, 6.07) is 0. The molecule has 68 valence electrons. The number of aliphatic hydroxyl groups is 1. The maximum absolute atomic E-state index is 9.49. The van der Waals surface area contributed by atoms with Crippen LogP contribution in [0, 0.1) is 0 Å². The Labute approximate surface area is 74.3 Å². The third-order valence-electron chi connectivity index (χ3n) is 1.67. The highest BCUT2D eigenvalue weighted by molar-refractivity contribution is 5.89. The maximum Gasteiger partial charge on any atom is 0.0967 e. The lowest BCUT2D eigenvalue weighted by molar-refractivity contribution is 0.153. The van der Waals surface area contributed by atoms with Gasteiger partial charge in [0.2, 0.25) is 0 Å². The first-order chi connectivity index (χ1) is 5.38. The van der Waals surface area contributed by atoms with Crippen molar-refractivity contribution >= 4 is 5.71 Å². The molecule has 0 aromatic heterocycles. The highest BCUT2D eigenvalue weighted by atomic mass is 16.3. The van der Waals surface area contributed by atoms with Gasteiger partial charge in [0, 0.05) is 11.9 Å². The van der Waals surface area contributed by atoms with Crippen LogP contribution in [0.25, 0.3) is 0 Å². The number of hydrogen-bond acceptors (Lipinski definition) is 2. The van der Waals surface area contributed by atoms with Gasteiger partial charge in [-0.15, -0.1) is 0 Å². The second-order valence-electron chi connectivity index (χ2n) is 3.35. The summed E-state index contributed by atoms with van der Waals surface area (Å²) in [4.78, 5) is 4.10. The quantitative estimate of drug-likeness (QED) is 0.507. The first-order valence-electron chi connectivity index (χ1n) is 3.94. The minimum Gasteiger partial charge on any atom is -0.385 e. The standard InChI is InChI=1S/C10H17NO/c1-6-8(2)7-11-9(3)10(4,5)12/h6-7,12H,1H2,2-5H3/b8-7-,11-9?. The summed E-state index contributed by atoms with van der Waals surface area (Å²) in [7, 11) is 0. The van der Waals surface area contributed by atoms with E-state index in [1.807, 2.05) is 6.92 Å². The van der Waals surface area contributed by atoms with Gasteiger partial charge in [-0.25, -0.2) is 0 Å². The van der Waals surface area contributed by atoms with Gasteiger partial charge in [0.05, 0.1) is 5.60 Å². The molecule has 2 nitrogen and oxygen atoms in total. The highest BCUT2D eigenvalue weighted by Crippen LogP contribution is 2.05. The molecule has 0 heterocycles. The summed E-state index contributed by atoms with van der Waals surface area (Å²) in [5.41, 5.74) is 0.847. The fourth-order valence-corrected chi connectivity index (χ4v) is 0.409. The summed E-state index contributed by atoms with van der Waals surface area (Å²) < 4.78 is 0. The third-order valence-corrected chi connectivity index (χ3v) is 1.67. The fourth-order valence-electron chi connectivity index (χ4n) is 0.409. The van der Waals surface area contributed by atoms with Crippen molar-refractivity contribution in [1.82, 2.24) is 0 Å². The van der Waals surface area contributed by atoms with E-state index in [9.17, 15) is 5.11 Å². The lowest BCUT2D eigenvalue weighted by Crippen LogP contribution is -2.28. The summed E-state index contributed by atoms with van der Waals surface area (Å²) in [5, 5.41) is 9.49. The molecule has 0 fully saturated rings. The SMILES string of the molecule is C=C/C(C)=C\N=C(C)C(C)(C)O. The Morgan fingerprint density at radius 1 is 1.42 bits per heavy atom. The molecule has 0 aliphatic carbocycles. The molecule has 0 rings (SSSR count). The molecule has 0 saturated carbocycles. The minimum atomic E-state index is -0.835. The van der Waals surface area contributed by atoms with E-state index in [1.54, 1.807) is 33.0 Å². The van der Waals surface area contributed by atoms with Crippen molar-refractivity contribution in [1.29, 1.82) is 0 Å². The molecule has 0 aliphatic heterocycles. The van der Waals surface area contributed by atoms with Gasteiger partial charge in [0.15, 0.2) is 0 Å². The van der Waals surface area contributed by atoms with Crippen LogP contribution in [0.5, 0.6) is 0 Å². The lowest BCUT2D eigenvalue weighted by Gasteiger charge is -2.15. The Morgan fingerprint density at radius 2 is 1.92 bits per heavy atom. The molecule has 0 aliphatic rings. The molecule has 0 aromatic carbocycles. The number of rotatable bonds is 3. The monoisotopic (exact) mass is 167 g/mol. The Kier molecular flexibility index (Phi) is 3.90. The molecule has 12 heavy (non-hydrogen) atoms. The van der Waals surface area contributed by atoms with E-state index in [0.717, 1.165) is 5.57 Å². The highest BCUT2D eigenvalue weighted by Gasteiger charge is 2.15. The van der Waals surface area contributed by atoms with E-state index in [4.69, 9.17) is 0 Å². The molecule has 0 spiro atoms. The van der Waals surface area contributed by atoms with Gasteiger partial charge in [-0.1, -0.05) is 12.7 Å². The van der Waals surface area contributed by atoms with Crippen LogP contribution in [0.3, 0.4) is 0 Å². The van der Waals surface area contributed by atoms with Crippen LogP contribution in [-0.4, -0.2) is 16.4 Å². The second kappa shape index (κ2) is 4.21. The lowest BCUT2D eigenvalue weighted by atomic mass is 10.1. The maximum atomic E-state index is 9.49. The first-order valence-corrected chi connectivity index (χ1v) is 3.94. The Bertz CT molecular complexity index is 218. The van der Waals surface area contributed by atoms with Gasteiger partial charge in [-0.05, 0) is 33.3 Å². The average Bonchev–Trinajstić information content (AvgIpc) is 1.97. The van der Waals surface area contributed by atoms with E-state index >= 15 is 0 Å². The molecule has 0 unspecified atom stereocenters. The predicted molar refractivity (Wildman–Crippen MR) is 53.4 cm³/mol. The molecule has 0 bridgehead atoms. The van der Waals surface area contributed by atoms with Gasteiger partial charge in [-0.2, -0.15) is 0 Å². The van der Waals surface area contributed by atoms with Crippen LogP contribution in [0.2, 0.25) is 0 Å². The summed E-state index contributed by atoms with van der Waals surface area (Å²) >= 11 is 0. The summed E-state index contributed by atoms with van der Waals surface area (Å²) in [6.07, 6.45) is 3.42. The smallest absolute Gasteiger partial charge is 0.0967 e. The number of aliphatic imine (C=N–C) groups is 1. The zero-order valence-electron chi connectivity index (χ0n) is 8.26. The Hall–Kier alpha value is -0.890. The third kappa shape index (κ3) is 4.09. The van der Waals surface area contributed by atoms with Gasteiger partial charge in [0.25, 0.3) is 0 Å². The van der Waals surface area contributed by atoms with Crippen molar-refractivity contribution in [2.75, 3.05) is 0 Å². The molecular weight excluding hydrogens is 150 g/mol. The largest absolute Gasteiger partial charge is 0.385 e. The van der Waals surface area contributed by atoms with Crippen molar-refractivity contribution in [2.45, 2.75) is 33.3 Å². The van der Waals surface area contributed by atoms with Crippen LogP contribution in [-0.2, 0) is 0 Å². The van der Waals surface area contributed by atoms with Gasteiger partial charge >= 0.3 is 0 Å². The normalized spacial score (nSPS) is 14.8. The van der Waals surface area contributed by atoms with E-state index in [0.29, 0.717) is 5.71 Å². The minimum absolute atomic E-state index is 0.698. The van der Waals surface area contributed by atoms with Gasteiger partial charge in [-0.3, -0.25) is 4.99 Å². The van der Waals surface area contributed by atoms with Crippen molar-refractivity contribution in [3.63, 3.8) is 0 Å². The van der Waals surface area contributed by atoms with E-state index in [-0.39, 0.29) is 0 Å². The Morgan fingerprint density at radius 3 is 2.25 bits per heavy atom. The first kappa shape index (κ1) is 11.1. The number of nitrogens with zero attached hydrogens (tertiary/aromatic N) is 1. The molecule has 1 N–H and O–H groups in total. The molecule has 0 atom stereocenters. The zero-order valence-corrected chi connectivity index (χ0v) is 8.26. The zero-order chi connectivity index (χ0) is 9.78. The number of allylic oxidation sites excluding steroid dienone is 2. The molecule has 0 radical (unpaired) electrons. The summed E-state index contributed by atoms with van der Waals surface area (Å²) in [6.45, 7) is 10.7. The number of hydrogen-bond donors (Lipinski definition) is 1.